The fraction of sp³-hybridized carbons (Fsp3) is 0.111. The van der Waals surface area contributed by atoms with Gasteiger partial charge in [0.2, 0.25) is 0 Å². The van der Waals surface area contributed by atoms with E-state index in [1.807, 2.05) is 6.07 Å². The van der Waals surface area contributed by atoms with Crippen molar-refractivity contribution < 1.29 is 14.3 Å². The number of hydrogen-bond donors (Lipinski definition) is 1. The number of carbonyl (C=O) groups excluding carboxylic acids is 1. The lowest BCUT2D eigenvalue weighted by molar-refractivity contribution is -0.113. The van der Waals surface area contributed by atoms with Gasteiger partial charge in [-0.3, -0.25) is 9.69 Å². The number of carbonyl (C=O) groups is 1. The van der Waals surface area contributed by atoms with Gasteiger partial charge in [0, 0.05) is 16.7 Å². The van der Waals surface area contributed by atoms with Gasteiger partial charge in [-0.25, -0.2) is 0 Å². The molecular formula is C18H15ClN2O3S. The van der Waals surface area contributed by atoms with Crippen molar-refractivity contribution in [2.24, 2.45) is 0 Å². The molecule has 0 atom stereocenters. The average Bonchev–Trinajstić information content (AvgIpc) is 2.90. The lowest BCUT2D eigenvalue weighted by Crippen LogP contribution is -2.30. The number of halogens is 1. The number of rotatable bonds is 4. The zero-order valence-corrected chi connectivity index (χ0v) is 15.1. The normalized spacial score (nSPS) is 15.5. The van der Waals surface area contributed by atoms with Crippen LogP contribution in [0.15, 0.2) is 48.2 Å². The van der Waals surface area contributed by atoms with Crippen LogP contribution in [0, 0.1) is 0 Å². The molecule has 5 nitrogen and oxygen atoms in total. The molecule has 1 fully saturated rings. The minimum Gasteiger partial charge on any atom is -0.497 e. The summed E-state index contributed by atoms with van der Waals surface area (Å²) in [6, 6.07) is 12.3. The Balaban J connectivity index is 1.94. The van der Waals surface area contributed by atoms with Crippen molar-refractivity contribution in [2.75, 3.05) is 19.1 Å². The summed E-state index contributed by atoms with van der Waals surface area (Å²) in [6.45, 7) is 0. The maximum atomic E-state index is 12.7. The smallest absolute Gasteiger partial charge is 0.281 e. The van der Waals surface area contributed by atoms with Gasteiger partial charge in [0.1, 0.15) is 17.2 Å². The zero-order valence-electron chi connectivity index (χ0n) is 13.6. The highest BCUT2D eigenvalue weighted by Crippen LogP contribution is 2.29. The van der Waals surface area contributed by atoms with Crippen molar-refractivity contribution in [3.05, 3.63) is 58.7 Å². The third-order valence-electron chi connectivity index (χ3n) is 3.70. The van der Waals surface area contributed by atoms with Gasteiger partial charge < -0.3 is 14.8 Å². The van der Waals surface area contributed by atoms with Crippen molar-refractivity contribution >= 4 is 46.6 Å². The average molecular weight is 375 g/mol. The van der Waals surface area contributed by atoms with Gasteiger partial charge in [-0.2, -0.15) is 0 Å². The monoisotopic (exact) mass is 374 g/mol. The van der Waals surface area contributed by atoms with Crippen LogP contribution in [0.25, 0.3) is 6.08 Å². The highest BCUT2D eigenvalue weighted by Gasteiger charge is 2.32. The lowest BCUT2D eigenvalue weighted by atomic mass is 10.1. The molecule has 25 heavy (non-hydrogen) atoms. The molecule has 1 heterocycles. The first-order valence-corrected chi connectivity index (χ1v) is 8.17. The number of nitrogens with zero attached hydrogens (tertiary/aromatic N) is 1. The number of hydrogen-bond acceptors (Lipinski definition) is 4. The molecule has 0 bridgehead atoms. The summed E-state index contributed by atoms with van der Waals surface area (Å²) in [5.41, 5.74) is 1.75. The lowest BCUT2D eigenvalue weighted by Gasteiger charge is -2.13. The summed E-state index contributed by atoms with van der Waals surface area (Å²) in [6.07, 6.45) is 1.70. The van der Waals surface area contributed by atoms with Crippen LogP contribution in [0.5, 0.6) is 11.5 Å². The third kappa shape index (κ3) is 3.45. The van der Waals surface area contributed by atoms with E-state index in [9.17, 15) is 4.79 Å². The Bertz CT molecular complexity index is 865. The highest BCUT2D eigenvalue weighted by molar-refractivity contribution is 7.80. The molecule has 1 amide bonds. The van der Waals surface area contributed by atoms with Gasteiger partial charge in [0.15, 0.2) is 5.11 Å². The molecule has 1 aliphatic heterocycles. The molecule has 128 valence electrons. The molecule has 0 aromatic heterocycles. The molecule has 3 rings (SSSR count). The van der Waals surface area contributed by atoms with Crippen molar-refractivity contribution in [1.29, 1.82) is 0 Å². The van der Waals surface area contributed by atoms with Gasteiger partial charge >= 0.3 is 0 Å². The first kappa shape index (κ1) is 17.3. The van der Waals surface area contributed by atoms with E-state index in [0.717, 1.165) is 5.56 Å². The molecule has 1 saturated heterocycles. The zero-order chi connectivity index (χ0) is 18.0. The number of methoxy groups -OCH3 is 2. The van der Waals surface area contributed by atoms with Crippen LogP contribution >= 0.6 is 23.8 Å². The number of thiocarbonyl (C=S) groups is 1. The van der Waals surface area contributed by atoms with Gasteiger partial charge in [-0.15, -0.1) is 0 Å². The second-order valence-corrected chi connectivity index (χ2v) is 6.04. The summed E-state index contributed by atoms with van der Waals surface area (Å²) >= 11 is 11.2. The van der Waals surface area contributed by atoms with Gasteiger partial charge in [0.25, 0.3) is 5.91 Å². The number of anilines is 1. The van der Waals surface area contributed by atoms with E-state index in [1.54, 1.807) is 56.7 Å². The Morgan fingerprint density at radius 2 is 1.84 bits per heavy atom. The summed E-state index contributed by atoms with van der Waals surface area (Å²) in [5.74, 6) is 1.02. The SMILES string of the molecule is COc1ccc(C=C2NC(=S)N(c3ccc(Cl)cc3)C2=O)c(OC)c1. The van der Waals surface area contributed by atoms with E-state index in [-0.39, 0.29) is 5.91 Å². The van der Waals surface area contributed by atoms with Gasteiger partial charge in [-0.1, -0.05) is 11.6 Å². The van der Waals surface area contributed by atoms with Crippen molar-refractivity contribution in [2.45, 2.75) is 0 Å². The van der Waals surface area contributed by atoms with Crippen molar-refractivity contribution in [3.8, 4) is 11.5 Å². The number of benzene rings is 2. The molecule has 0 radical (unpaired) electrons. The second kappa shape index (κ2) is 7.13. The van der Waals surface area contributed by atoms with Crippen LogP contribution in [0.3, 0.4) is 0 Å². The molecule has 1 aliphatic rings. The Labute approximate surface area is 155 Å². The predicted octanol–water partition coefficient (Wildman–Crippen LogP) is 3.62. The second-order valence-electron chi connectivity index (χ2n) is 5.21. The van der Waals surface area contributed by atoms with E-state index >= 15 is 0 Å². The van der Waals surface area contributed by atoms with Crippen LogP contribution in [-0.2, 0) is 4.79 Å². The summed E-state index contributed by atoms with van der Waals surface area (Å²) < 4.78 is 10.5. The quantitative estimate of drug-likeness (QED) is 0.654. The Morgan fingerprint density at radius 3 is 2.48 bits per heavy atom. The number of nitrogens with one attached hydrogen (secondary N) is 1. The Hall–Kier alpha value is -2.57. The minimum atomic E-state index is -0.245. The van der Waals surface area contributed by atoms with Crippen LogP contribution in [0.2, 0.25) is 5.02 Å². The van der Waals surface area contributed by atoms with E-state index in [2.05, 4.69) is 5.32 Å². The minimum absolute atomic E-state index is 0.245. The third-order valence-corrected chi connectivity index (χ3v) is 4.24. The molecule has 0 aliphatic carbocycles. The predicted molar refractivity (Wildman–Crippen MR) is 102 cm³/mol. The molecule has 1 N–H and O–H groups in total. The van der Waals surface area contributed by atoms with E-state index in [0.29, 0.717) is 33.0 Å². The summed E-state index contributed by atoms with van der Waals surface area (Å²) in [4.78, 5) is 14.2. The number of ether oxygens (including phenoxy) is 2. The largest absolute Gasteiger partial charge is 0.497 e. The molecular weight excluding hydrogens is 360 g/mol. The standard InChI is InChI=1S/C18H15ClN2O3S/c1-23-14-8-3-11(16(10-14)24-2)9-15-17(22)21(18(25)20-15)13-6-4-12(19)5-7-13/h3-10H,1-2H3,(H,20,25). The van der Waals surface area contributed by atoms with Crippen LogP contribution in [-0.4, -0.2) is 25.2 Å². The van der Waals surface area contributed by atoms with E-state index < -0.39 is 0 Å². The van der Waals surface area contributed by atoms with E-state index in [4.69, 9.17) is 33.3 Å². The van der Waals surface area contributed by atoms with Crippen LogP contribution < -0.4 is 19.7 Å². The first-order valence-electron chi connectivity index (χ1n) is 7.38. The van der Waals surface area contributed by atoms with Crippen molar-refractivity contribution in [1.82, 2.24) is 5.32 Å². The van der Waals surface area contributed by atoms with Gasteiger partial charge in [-0.05, 0) is 54.7 Å². The maximum absolute atomic E-state index is 12.7. The molecule has 2 aromatic carbocycles. The highest BCUT2D eigenvalue weighted by atomic mass is 35.5. The Kier molecular flexibility index (Phi) is 4.92. The molecule has 7 heteroatoms. The molecule has 0 saturated carbocycles. The Morgan fingerprint density at radius 1 is 1.12 bits per heavy atom. The van der Waals surface area contributed by atoms with E-state index in [1.165, 1.54) is 4.90 Å². The molecule has 2 aromatic rings. The topological polar surface area (TPSA) is 50.8 Å². The van der Waals surface area contributed by atoms with Crippen LogP contribution in [0.1, 0.15) is 5.56 Å². The fourth-order valence-electron chi connectivity index (χ4n) is 2.45. The fourth-order valence-corrected chi connectivity index (χ4v) is 2.88. The van der Waals surface area contributed by atoms with Gasteiger partial charge in [0.05, 0.1) is 19.9 Å². The number of amides is 1. The maximum Gasteiger partial charge on any atom is 0.281 e. The first-order chi connectivity index (χ1) is 12.0. The summed E-state index contributed by atoms with van der Waals surface area (Å²) in [7, 11) is 3.14. The molecule has 0 unspecified atom stereocenters. The van der Waals surface area contributed by atoms with Crippen LogP contribution in [0.4, 0.5) is 5.69 Å². The summed E-state index contributed by atoms with van der Waals surface area (Å²) in [5, 5.41) is 3.85. The molecule has 0 spiro atoms. The van der Waals surface area contributed by atoms with Crippen molar-refractivity contribution in [3.63, 3.8) is 0 Å².